The molecule has 0 saturated heterocycles. The second-order valence-electron chi connectivity index (χ2n) is 2.35. The Morgan fingerprint density at radius 3 is 2.85 bits per heavy atom. The van der Waals surface area contributed by atoms with Crippen molar-refractivity contribution >= 4 is 27.8 Å². The van der Waals surface area contributed by atoms with E-state index in [2.05, 4.69) is 11.1 Å². The van der Waals surface area contributed by atoms with Crippen molar-refractivity contribution in [2.75, 3.05) is 5.73 Å². The van der Waals surface area contributed by atoms with Gasteiger partial charge in [-0.05, 0) is 12.1 Å². The van der Waals surface area contributed by atoms with Gasteiger partial charge in [0.15, 0.2) is 5.13 Å². The van der Waals surface area contributed by atoms with Crippen LogP contribution in [0.25, 0.3) is 10.6 Å². The molecule has 0 aliphatic heterocycles. The maximum absolute atomic E-state index is 8.62. The second kappa shape index (κ2) is 3.17. The van der Waals surface area contributed by atoms with Crippen LogP contribution in [0.5, 0.6) is 0 Å². The van der Waals surface area contributed by atoms with E-state index in [1.54, 1.807) is 6.07 Å². The van der Waals surface area contributed by atoms with E-state index in [9.17, 15) is 0 Å². The highest BCUT2D eigenvalue weighted by atomic mass is 32.1. The van der Waals surface area contributed by atoms with Crippen LogP contribution in [0, 0.1) is 11.3 Å². The molecule has 0 aliphatic rings. The molecule has 64 valence electrons. The Bertz CT molecular complexity index is 464. The number of aromatic nitrogens is 1. The first-order valence-corrected chi connectivity index (χ1v) is 5.20. The van der Waals surface area contributed by atoms with E-state index in [4.69, 9.17) is 11.0 Å². The second-order valence-corrected chi connectivity index (χ2v) is 4.32. The van der Waals surface area contributed by atoms with E-state index in [0.717, 1.165) is 10.6 Å². The van der Waals surface area contributed by atoms with Gasteiger partial charge in [-0.2, -0.15) is 5.26 Å². The molecule has 2 aromatic heterocycles. The highest BCUT2D eigenvalue weighted by Crippen LogP contribution is 2.29. The highest BCUT2D eigenvalue weighted by Gasteiger charge is 2.05. The van der Waals surface area contributed by atoms with Gasteiger partial charge in [0, 0.05) is 5.38 Å². The minimum absolute atomic E-state index is 0.557. The van der Waals surface area contributed by atoms with Gasteiger partial charge in [0.1, 0.15) is 10.9 Å². The predicted octanol–water partition coefficient (Wildman–Crippen LogP) is 2.33. The van der Waals surface area contributed by atoms with Gasteiger partial charge in [0.05, 0.1) is 10.6 Å². The number of thiazole rings is 1. The van der Waals surface area contributed by atoms with Crippen LogP contribution >= 0.6 is 22.7 Å². The predicted molar refractivity (Wildman–Crippen MR) is 54.6 cm³/mol. The smallest absolute Gasteiger partial charge is 0.180 e. The number of rotatable bonds is 1. The SMILES string of the molecule is N#Cc1ccc(-c2csc(N)n2)s1. The minimum Gasteiger partial charge on any atom is -0.375 e. The first kappa shape index (κ1) is 8.23. The number of nitrogens with zero attached hydrogens (tertiary/aromatic N) is 2. The monoisotopic (exact) mass is 207 g/mol. The van der Waals surface area contributed by atoms with Crippen molar-refractivity contribution in [3.63, 3.8) is 0 Å². The molecule has 0 fully saturated rings. The summed E-state index contributed by atoms with van der Waals surface area (Å²) in [4.78, 5) is 5.81. The Morgan fingerprint density at radius 1 is 1.46 bits per heavy atom. The summed E-state index contributed by atoms with van der Waals surface area (Å²) in [6.07, 6.45) is 0. The zero-order valence-electron chi connectivity index (χ0n) is 6.52. The normalized spacial score (nSPS) is 9.77. The molecule has 13 heavy (non-hydrogen) atoms. The van der Waals surface area contributed by atoms with E-state index < -0.39 is 0 Å². The third-order valence-corrected chi connectivity index (χ3v) is 3.18. The van der Waals surface area contributed by atoms with Crippen LogP contribution in [-0.2, 0) is 0 Å². The van der Waals surface area contributed by atoms with Crippen LogP contribution in [0.3, 0.4) is 0 Å². The molecule has 0 atom stereocenters. The number of anilines is 1. The number of hydrogen-bond donors (Lipinski definition) is 1. The summed E-state index contributed by atoms with van der Waals surface area (Å²) in [6.45, 7) is 0. The summed E-state index contributed by atoms with van der Waals surface area (Å²) in [5.74, 6) is 0. The number of nitriles is 1. The summed E-state index contributed by atoms with van der Waals surface area (Å²) in [6, 6.07) is 5.76. The lowest BCUT2D eigenvalue weighted by atomic mass is 10.4. The molecular formula is C8H5N3S2. The Balaban J connectivity index is 2.42. The van der Waals surface area contributed by atoms with Gasteiger partial charge in [0.25, 0.3) is 0 Å². The van der Waals surface area contributed by atoms with Gasteiger partial charge in [-0.15, -0.1) is 22.7 Å². The molecule has 2 heterocycles. The summed E-state index contributed by atoms with van der Waals surface area (Å²) in [5, 5.41) is 11.1. The van der Waals surface area contributed by atoms with Crippen LogP contribution < -0.4 is 5.73 Å². The minimum atomic E-state index is 0.557. The fraction of sp³-hybridized carbons (Fsp3) is 0. The van der Waals surface area contributed by atoms with E-state index in [1.165, 1.54) is 22.7 Å². The first-order chi connectivity index (χ1) is 6.29. The molecule has 5 heteroatoms. The van der Waals surface area contributed by atoms with E-state index in [-0.39, 0.29) is 0 Å². The van der Waals surface area contributed by atoms with Gasteiger partial charge >= 0.3 is 0 Å². The van der Waals surface area contributed by atoms with Crippen molar-refractivity contribution < 1.29 is 0 Å². The van der Waals surface area contributed by atoms with Crippen molar-refractivity contribution in [1.82, 2.24) is 4.98 Å². The van der Waals surface area contributed by atoms with Gasteiger partial charge in [0.2, 0.25) is 0 Å². The third-order valence-electron chi connectivity index (χ3n) is 1.49. The molecule has 0 saturated carbocycles. The van der Waals surface area contributed by atoms with Gasteiger partial charge in [-0.25, -0.2) is 4.98 Å². The van der Waals surface area contributed by atoms with E-state index in [0.29, 0.717) is 10.0 Å². The molecule has 0 radical (unpaired) electrons. The number of hydrogen-bond acceptors (Lipinski definition) is 5. The Hall–Kier alpha value is -1.38. The van der Waals surface area contributed by atoms with E-state index >= 15 is 0 Å². The molecule has 2 N–H and O–H groups in total. The topological polar surface area (TPSA) is 62.7 Å². The molecule has 2 aromatic rings. The number of nitrogen functional groups attached to an aromatic ring is 1. The summed E-state index contributed by atoms with van der Waals surface area (Å²) in [7, 11) is 0. The van der Waals surface area contributed by atoms with Gasteiger partial charge < -0.3 is 5.73 Å². The fourth-order valence-corrected chi connectivity index (χ4v) is 2.34. The standard InChI is InChI=1S/C8H5N3S2/c9-3-5-1-2-7(13-5)6-4-12-8(10)11-6/h1-2,4H,(H2,10,11). The molecular weight excluding hydrogens is 202 g/mol. The largest absolute Gasteiger partial charge is 0.375 e. The lowest BCUT2D eigenvalue weighted by molar-refractivity contribution is 1.43. The molecule has 0 aromatic carbocycles. The molecule has 0 unspecified atom stereocenters. The average Bonchev–Trinajstić information content (AvgIpc) is 2.71. The van der Waals surface area contributed by atoms with Crippen LogP contribution in [0.4, 0.5) is 5.13 Å². The highest BCUT2D eigenvalue weighted by molar-refractivity contribution is 7.17. The number of thiophene rings is 1. The lowest BCUT2D eigenvalue weighted by Gasteiger charge is -1.85. The molecule has 0 spiro atoms. The maximum Gasteiger partial charge on any atom is 0.180 e. The third kappa shape index (κ3) is 1.54. The fourth-order valence-electron chi connectivity index (χ4n) is 0.936. The molecule has 0 bridgehead atoms. The average molecular weight is 207 g/mol. The molecule has 2 rings (SSSR count). The lowest BCUT2D eigenvalue weighted by Crippen LogP contribution is -1.80. The van der Waals surface area contributed by atoms with Crippen molar-refractivity contribution in [1.29, 1.82) is 5.26 Å². The Morgan fingerprint density at radius 2 is 2.31 bits per heavy atom. The summed E-state index contributed by atoms with van der Waals surface area (Å²) < 4.78 is 0. The van der Waals surface area contributed by atoms with Gasteiger partial charge in [-0.3, -0.25) is 0 Å². The van der Waals surface area contributed by atoms with Crippen molar-refractivity contribution in [2.45, 2.75) is 0 Å². The first-order valence-electron chi connectivity index (χ1n) is 3.51. The zero-order chi connectivity index (χ0) is 9.26. The Labute approximate surface area is 83.1 Å². The van der Waals surface area contributed by atoms with Crippen LogP contribution in [-0.4, -0.2) is 4.98 Å². The maximum atomic E-state index is 8.62. The number of nitrogens with two attached hydrogens (primary N) is 1. The summed E-state index contributed by atoms with van der Waals surface area (Å²) >= 11 is 2.83. The van der Waals surface area contributed by atoms with Crippen molar-refractivity contribution in [3.8, 4) is 16.6 Å². The van der Waals surface area contributed by atoms with Crippen molar-refractivity contribution in [2.24, 2.45) is 0 Å². The van der Waals surface area contributed by atoms with Gasteiger partial charge in [-0.1, -0.05) is 0 Å². The summed E-state index contributed by atoms with van der Waals surface area (Å²) in [5.41, 5.74) is 6.36. The van der Waals surface area contributed by atoms with Crippen LogP contribution in [0.1, 0.15) is 4.88 Å². The van der Waals surface area contributed by atoms with Crippen LogP contribution in [0.15, 0.2) is 17.5 Å². The molecule has 0 amide bonds. The van der Waals surface area contributed by atoms with Crippen LogP contribution in [0.2, 0.25) is 0 Å². The quantitative estimate of drug-likeness (QED) is 0.780. The zero-order valence-corrected chi connectivity index (χ0v) is 8.15. The van der Waals surface area contributed by atoms with Crippen molar-refractivity contribution in [3.05, 3.63) is 22.4 Å². The Kier molecular flexibility index (Phi) is 2.00. The van der Waals surface area contributed by atoms with E-state index in [1.807, 2.05) is 11.4 Å². The molecule has 3 nitrogen and oxygen atoms in total. The molecule has 0 aliphatic carbocycles.